The van der Waals surface area contributed by atoms with E-state index >= 15 is 0 Å². The van der Waals surface area contributed by atoms with Gasteiger partial charge in [0.2, 0.25) is 0 Å². The number of carbonyl (C=O) groups is 1. The molecule has 2 heterocycles. The molecule has 1 aromatic carbocycles. The van der Waals surface area contributed by atoms with Crippen LogP contribution in [0.3, 0.4) is 0 Å². The Morgan fingerprint density at radius 3 is 2.80 bits per heavy atom. The molecule has 4 nitrogen and oxygen atoms in total. The van der Waals surface area contributed by atoms with Crippen molar-refractivity contribution in [1.29, 1.82) is 0 Å². The maximum Gasteiger partial charge on any atom is 0.273 e. The summed E-state index contributed by atoms with van der Waals surface area (Å²) < 4.78 is 13.9. The molecule has 0 radical (unpaired) electrons. The first-order chi connectivity index (χ1) is 11.2. The zero-order chi connectivity index (χ0) is 16.2. The molecule has 1 aliphatic rings. The largest absolute Gasteiger partial charge is 0.333 e. The van der Waals surface area contributed by atoms with E-state index in [0.717, 1.165) is 32.5 Å². The predicted octanol–water partition coefficient (Wildman–Crippen LogP) is 4.01. The van der Waals surface area contributed by atoms with Gasteiger partial charge in [-0.05, 0) is 31.5 Å². The van der Waals surface area contributed by atoms with E-state index in [2.05, 4.69) is 17.2 Å². The summed E-state index contributed by atoms with van der Waals surface area (Å²) in [5.41, 5.74) is 0.856. The number of rotatable bonds is 5. The summed E-state index contributed by atoms with van der Waals surface area (Å²) in [5, 5.41) is 5.57. The van der Waals surface area contributed by atoms with Crippen LogP contribution in [-0.4, -0.2) is 41.5 Å². The molecule has 1 amide bonds. The molecule has 0 bridgehead atoms. The number of nitrogens with one attached hydrogen (secondary N) is 1. The number of amides is 1. The summed E-state index contributed by atoms with van der Waals surface area (Å²) in [7, 11) is 0. The maximum atomic E-state index is 13.9. The molecule has 2 aromatic rings. The Kier molecular flexibility index (Phi) is 8.79. The number of hydrogen-bond acceptors (Lipinski definition) is 4. The van der Waals surface area contributed by atoms with E-state index in [9.17, 15) is 9.18 Å². The first kappa shape index (κ1) is 21.8. The molecule has 0 spiro atoms. The Balaban J connectivity index is 0.00000156. The Morgan fingerprint density at radius 2 is 2.16 bits per heavy atom. The minimum absolute atomic E-state index is 0. The molecule has 1 fully saturated rings. The fourth-order valence-electron chi connectivity index (χ4n) is 2.87. The third kappa shape index (κ3) is 4.91. The van der Waals surface area contributed by atoms with Gasteiger partial charge in [0.05, 0.1) is 0 Å². The van der Waals surface area contributed by atoms with Crippen LogP contribution in [-0.2, 0) is 0 Å². The van der Waals surface area contributed by atoms with Gasteiger partial charge in [-0.25, -0.2) is 9.37 Å². The van der Waals surface area contributed by atoms with Crippen molar-refractivity contribution in [3.63, 3.8) is 0 Å². The highest BCUT2D eigenvalue weighted by atomic mass is 35.5. The number of thiazole rings is 1. The van der Waals surface area contributed by atoms with Crippen molar-refractivity contribution in [3.8, 4) is 10.6 Å². The van der Waals surface area contributed by atoms with Crippen molar-refractivity contribution >= 4 is 42.1 Å². The summed E-state index contributed by atoms with van der Waals surface area (Å²) in [6.07, 6.45) is 1.88. The van der Waals surface area contributed by atoms with Gasteiger partial charge in [0.15, 0.2) is 0 Å². The van der Waals surface area contributed by atoms with Crippen LogP contribution in [0.1, 0.15) is 30.3 Å². The number of nitrogens with zero attached hydrogens (tertiary/aromatic N) is 2. The van der Waals surface area contributed by atoms with E-state index in [-0.39, 0.29) is 42.6 Å². The SMILES string of the molecule is CCCN(C(=O)c1csc(-c2ccccc2F)n1)C1CCNC1.Cl.Cl. The van der Waals surface area contributed by atoms with Gasteiger partial charge in [-0.2, -0.15) is 0 Å². The highest BCUT2D eigenvalue weighted by Gasteiger charge is 2.28. The first-order valence-electron chi connectivity index (χ1n) is 7.92. The van der Waals surface area contributed by atoms with Crippen molar-refractivity contribution in [1.82, 2.24) is 15.2 Å². The Bertz CT molecular complexity index is 692. The third-order valence-electron chi connectivity index (χ3n) is 4.03. The minimum Gasteiger partial charge on any atom is -0.333 e. The van der Waals surface area contributed by atoms with Crippen molar-refractivity contribution in [2.24, 2.45) is 0 Å². The molecule has 3 rings (SSSR count). The zero-order valence-corrected chi connectivity index (χ0v) is 16.4. The lowest BCUT2D eigenvalue weighted by Crippen LogP contribution is -2.42. The molecule has 1 atom stereocenters. The number of benzene rings is 1. The van der Waals surface area contributed by atoms with Crippen molar-refractivity contribution in [2.45, 2.75) is 25.8 Å². The molecular weight excluding hydrogens is 384 g/mol. The van der Waals surface area contributed by atoms with Crippen LogP contribution >= 0.6 is 36.2 Å². The van der Waals surface area contributed by atoms with E-state index in [1.54, 1.807) is 23.6 Å². The van der Waals surface area contributed by atoms with Crippen LogP contribution in [0, 0.1) is 5.82 Å². The minimum atomic E-state index is -0.314. The highest BCUT2D eigenvalue weighted by molar-refractivity contribution is 7.13. The average molecular weight is 406 g/mol. The van der Waals surface area contributed by atoms with E-state index in [0.29, 0.717) is 16.3 Å². The van der Waals surface area contributed by atoms with Crippen LogP contribution in [0.5, 0.6) is 0 Å². The summed E-state index contributed by atoms with van der Waals surface area (Å²) >= 11 is 1.31. The summed E-state index contributed by atoms with van der Waals surface area (Å²) in [4.78, 5) is 19.1. The van der Waals surface area contributed by atoms with Crippen LogP contribution < -0.4 is 5.32 Å². The van der Waals surface area contributed by atoms with Gasteiger partial charge < -0.3 is 10.2 Å². The molecule has 1 saturated heterocycles. The second-order valence-corrected chi connectivity index (χ2v) is 6.52. The van der Waals surface area contributed by atoms with Crippen molar-refractivity contribution < 1.29 is 9.18 Å². The number of aromatic nitrogens is 1. The van der Waals surface area contributed by atoms with E-state index < -0.39 is 0 Å². The average Bonchev–Trinajstić information content (AvgIpc) is 3.24. The zero-order valence-electron chi connectivity index (χ0n) is 13.9. The van der Waals surface area contributed by atoms with Gasteiger partial charge >= 0.3 is 0 Å². The van der Waals surface area contributed by atoms with Gasteiger partial charge in [-0.3, -0.25) is 4.79 Å². The number of halogens is 3. The second kappa shape index (κ2) is 10.1. The predicted molar refractivity (Wildman–Crippen MR) is 105 cm³/mol. The van der Waals surface area contributed by atoms with Crippen molar-refractivity contribution in [2.75, 3.05) is 19.6 Å². The van der Waals surface area contributed by atoms with Gasteiger partial charge in [-0.15, -0.1) is 36.2 Å². The summed E-state index contributed by atoms with van der Waals surface area (Å²) in [6.45, 7) is 4.55. The highest BCUT2D eigenvalue weighted by Crippen LogP contribution is 2.27. The van der Waals surface area contributed by atoms with Gasteiger partial charge in [0.25, 0.3) is 5.91 Å². The standard InChI is InChI=1S/C17H20FN3OS.2ClH/c1-2-9-21(12-7-8-19-10-12)17(22)15-11-23-16(20-15)13-5-3-4-6-14(13)18;;/h3-6,11-12,19H,2,7-10H2,1H3;2*1H. The fourth-order valence-corrected chi connectivity index (χ4v) is 3.69. The summed E-state index contributed by atoms with van der Waals surface area (Å²) in [6, 6.07) is 6.74. The van der Waals surface area contributed by atoms with Gasteiger partial charge in [0.1, 0.15) is 16.5 Å². The Morgan fingerprint density at radius 1 is 1.40 bits per heavy atom. The lowest BCUT2D eigenvalue weighted by Gasteiger charge is -2.27. The van der Waals surface area contributed by atoms with Gasteiger partial charge in [0, 0.05) is 30.1 Å². The molecule has 1 aliphatic heterocycles. The van der Waals surface area contributed by atoms with Gasteiger partial charge in [-0.1, -0.05) is 19.1 Å². The number of carbonyl (C=O) groups excluding carboxylic acids is 1. The third-order valence-corrected chi connectivity index (χ3v) is 4.90. The molecule has 25 heavy (non-hydrogen) atoms. The molecule has 1 unspecified atom stereocenters. The van der Waals surface area contributed by atoms with E-state index in [1.807, 2.05) is 4.90 Å². The number of hydrogen-bond donors (Lipinski definition) is 1. The Hall–Kier alpha value is -1.21. The molecule has 1 aromatic heterocycles. The van der Waals surface area contributed by atoms with Crippen LogP contribution in [0.25, 0.3) is 10.6 Å². The smallest absolute Gasteiger partial charge is 0.273 e. The van der Waals surface area contributed by atoms with Crippen LogP contribution in [0.15, 0.2) is 29.6 Å². The fraction of sp³-hybridized carbons (Fsp3) is 0.412. The van der Waals surface area contributed by atoms with E-state index in [1.165, 1.54) is 17.4 Å². The monoisotopic (exact) mass is 405 g/mol. The summed E-state index contributed by atoms with van der Waals surface area (Å²) in [5.74, 6) is -0.370. The molecule has 0 aliphatic carbocycles. The first-order valence-corrected chi connectivity index (χ1v) is 8.80. The molecule has 138 valence electrons. The molecule has 0 saturated carbocycles. The second-order valence-electron chi connectivity index (χ2n) is 5.66. The molecule has 8 heteroatoms. The molecular formula is C17H22Cl2FN3OS. The van der Waals surface area contributed by atoms with Crippen LogP contribution in [0.4, 0.5) is 4.39 Å². The topological polar surface area (TPSA) is 45.2 Å². The van der Waals surface area contributed by atoms with Crippen molar-refractivity contribution in [3.05, 3.63) is 41.2 Å². The van der Waals surface area contributed by atoms with E-state index in [4.69, 9.17) is 0 Å². The normalized spacial score (nSPS) is 16.0. The lowest BCUT2D eigenvalue weighted by molar-refractivity contribution is 0.0687. The quantitative estimate of drug-likeness (QED) is 0.816. The Labute approximate surface area is 163 Å². The molecule has 1 N–H and O–H groups in total. The van der Waals surface area contributed by atoms with Crippen LogP contribution in [0.2, 0.25) is 0 Å². The lowest BCUT2D eigenvalue weighted by atomic mass is 10.2. The maximum absolute atomic E-state index is 13.9.